The van der Waals surface area contributed by atoms with Crippen molar-refractivity contribution in [2.45, 2.75) is 47.1 Å². The SMILES string of the molecule is CC(C)(CCO)CNC(=O)[C@@H](N)C(C)(C)C. The summed E-state index contributed by atoms with van der Waals surface area (Å²) in [7, 11) is 0. The molecule has 0 radical (unpaired) electrons. The first-order valence-electron chi connectivity index (χ1n) is 5.74. The topological polar surface area (TPSA) is 75.3 Å². The van der Waals surface area contributed by atoms with E-state index in [0.717, 1.165) is 0 Å². The normalized spacial score (nSPS) is 14.7. The molecule has 96 valence electrons. The molecule has 0 aromatic carbocycles. The number of aliphatic hydroxyl groups is 1. The van der Waals surface area contributed by atoms with Gasteiger partial charge in [0.2, 0.25) is 5.91 Å². The molecular weight excluding hydrogens is 204 g/mol. The summed E-state index contributed by atoms with van der Waals surface area (Å²) in [5, 5.41) is 11.7. The van der Waals surface area contributed by atoms with Crippen molar-refractivity contribution < 1.29 is 9.90 Å². The van der Waals surface area contributed by atoms with Crippen molar-refractivity contribution in [1.29, 1.82) is 0 Å². The Morgan fingerprint density at radius 1 is 1.31 bits per heavy atom. The summed E-state index contributed by atoms with van der Waals surface area (Å²) in [4.78, 5) is 11.7. The minimum atomic E-state index is -0.502. The van der Waals surface area contributed by atoms with Crippen LogP contribution >= 0.6 is 0 Å². The molecule has 4 nitrogen and oxygen atoms in total. The molecule has 0 aliphatic heterocycles. The molecule has 0 spiro atoms. The average Bonchev–Trinajstić information content (AvgIpc) is 2.11. The van der Waals surface area contributed by atoms with Crippen molar-refractivity contribution in [3.8, 4) is 0 Å². The molecule has 0 aromatic rings. The molecule has 0 aliphatic carbocycles. The first kappa shape index (κ1) is 15.4. The molecule has 0 saturated heterocycles. The first-order valence-corrected chi connectivity index (χ1v) is 5.74. The summed E-state index contributed by atoms with van der Waals surface area (Å²) in [5.74, 6) is -0.126. The van der Waals surface area contributed by atoms with Gasteiger partial charge in [0.25, 0.3) is 0 Å². The van der Waals surface area contributed by atoms with Gasteiger partial charge in [0.15, 0.2) is 0 Å². The Labute approximate surface area is 98.6 Å². The van der Waals surface area contributed by atoms with E-state index < -0.39 is 6.04 Å². The van der Waals surface area contributed by atoms with Gasteiger partial charge in [0.1, 0.15) is 0 Å². The van der Waals surface area contributed by atoms with Crippen LogP contribution in [0.1, 0.15) is 41.0 Å². The predicted molar refractivity (Wildman–Crippen MR) is 65.9 cm³/mol. The van der Waals surface area contributed by atoms with Crippen LogP contribution in [0, 0.1) is 10.8 Å². The molecule has 4 N–H and O–H groups in total. The molecule has 0 heterocycles. The van der Waals surface area contributed by atoms with Gasteiger partial charge in [0, 0.05) is 13.2 Å². The van der Waals surface area contributed by atoms with Crippen LogP contribution in [0.5, 0.6) is 0 Å². The van der Waals surface area contributed by atoms with Crippen LogP contribution in [-0.2, 0) is 4.79 Å². The smallest absolute Gasteiger partial charge is 0.237 e. The van der Waals surface area contributed by atoms with Gasteiger partial charge in [-0.3, -0.25) is 4.79 Å². The Morgan fingerprint density at radius 3 is 2.19 bits per heavy atom. The Morgan fingerprint density at radius 2 is 1.81 bits per heavy atom. The molecule has 0 saturated carbocycles. The van der Waals surface area contributed by atoms with Gasteiger partial charge < -0.3 is 16.2 Å². The van der Waals surface area contributed by atoms with Gasteiger partial charge >= 0.3 is 0 Å². The lowest BCUT2D eigenvalue weighted by Gasteiger charge is -2.29. The molecule has 16 heavy (non-hydrogen) atoms. The van der Waals surface area contributed by atoms with Crippen LogP contribution in [0.25, 0.3) is 0 Å². The Bertz CT molecular complexity index is 232. The second kappa shape index (κ2) is 5.64. The number of amides is 1. The van der Waals surface area contributed by atoms with Crippen LogP contribution in [0.15, 0.2) is 0 Å². The summed E-state index contributed by atoms with van der Waals surface area (Å²) in [5.41, 5.74) is 5.51. The fourth-order valence-corrected chi connectivity index (χ4v) is 1.22. The molecule has 4 heteroatoms. The van der Waals surface area contributed by atoms with Gasteiger partial charge in [-0.25, -0.2) is 0 Å². The van der Waals surface area contributed by atoms with Crippen molar-refractivity contribution in [3.63, 3.8) is 0 Å². The molecule has 1 amide bonds. The summed E-state index contributed by atoms with van der Waals surface area (Å²) < 4.78 is 0. The van der Waals surface area contributed by atoms with E-state index in [9.17, 15) is 4.79 Å². The Balaban J connectivity index is 4.18. The number of rotatable bonds is 5. The van der Waals surface area contributed by atoms with Gasteiger partial charge in [-0.2, -0.15) is 0 Å². The van der Waals surface area contributed by atoms with Crippen molar-refractivity contribution in [3.05, 3.63) is 0 Å². The minimum absolute atomic E-state index is 0.0952. The second-order valence-electron chi connectivity index (χ2n) is 6.20. The number of carbonyl (C=O) groups excluding carboxylic acids is 1. The molecule has 0 rings (SSSR count). The zero-order valence-corrected chi connectivity index (χ0v) is 11.1. The molecular formula is C12H26N2O2. The second-order valence-corrected chi connectivity index (χ2v) is 6.20. The van der Waals surface area contributed by atoms with Gasteiger partial charge in [0.05, 0.1) is 6.04 Å². The molecule has 1 atom stereocenters. The van der Waals surface area contributed by atoms with E-state index in [1.165, 1.54) is 0 Å². The zero-order chi connectivity index (χ0) is 13.0. The van der Waals surface area contributed by atoms with Crippen molar-refractivity contribution in [2.24, 2.45) is 16.6 Å². The molecule has 0 bridgehead atoms. The highest BCUT2D eigenvalue weighted by Gasteiger charge is 2.28. The van der Waals surface area contributed by atoms with E-state index in [1.54, 1.807) is 0 Å². The van der Waals surface area contributed by atoms with Crippen LogP contribution in [0.3, 0.4) is 0 Å². The lowest BCUT2D eigenvalue weighted by atomic mass is 9.86. The molecule has 0 aliphatic rings. The fourth-order valence-electron chi connectivity index (χ4n) is 1.22. The third-order valence-corrected chi connectivity index (χ3v) is 2.75. The number of aliphatic hydroxyl groups excluding tert-OH is 1. The maximum Gasteiger partial charge on any atom is 0.237 e. The van der Waals surface area contributed by atoms with E-state index in [4.69, 9.17) is 10.8 Å². The lowest BCUT2D eigenvalue weighted by molar-refractivity contribution is -0.125. The van der Waals surface area contributed by atoms with Crippen LogP contribution in [-0.4, -0.2) is 30.2 Å². The van der Waals surface area contributed by atoms with Crippen LogP contribution < -0.4 is 11.1 Å². The van der Waals surface area contributed by atoms with Crippen molar-refractivity contribution in [1.82, 2.24) is 5.32 Å². The quantitative estimate of drug-likeness (QED) is 0.656. The third kappa shape index (κ3) is 5.47. The van der Waals surface area contributed by atoms with Crippen molar-refractivity contribution >= 4 is 5.91 Å². The number of carbonyl (C=O) groups is 1. The van der Waals surface area contributed by atoms with Gasteiger partial charge in [-0.05, 0) is 17.3 Å². The summed E-state index contributed by atoms with van der Waals surface area (Å²) in [6, 6.07) is -0.502. The lowest BCUT2D eigenvalue weighted by Crippen LogP contribution is -2.50. The van der Waals surface area contributed by atoms with E-state index in [-0.39, 0.29) is 23.3 Å². The van der Waals surface area contributed by atoms with Crippen LogP contribution in [0.4, 0.5) is 0 Å². The highest BCUT2D eigenvalue weighted by Crippen LogP contribution is 2.20. The maximum atomic E-state index is 11.7. The third-order valence-electron chi connectivity index (χ3n) is 2.75. The predicted octanol–water partition coefficient (Wildman–Crippen LogP) is 0.885. The van der Waals surface area contributed by atoms with E-state index in [1.807, 2.05) is 34.6 Å². The molecule has 0 unspecified atom stereocenters. The highest BCUT2D eigenvalue weighted by molar-refractivity contribution is 5.82. The van der Waals surface area contributed by atoms with Crippen LogP contribution in [0.2, 0.25) is 0 Å². The Kier molecular flexibility index (Phi) is 5.42. The monoisotopic (exact) mass is 230 g/mol. The standard InChI is InChI=1S/C12H26N2O2/c1-11(2,3)9(13)10(16)14-8-12(4,5)6-7-15/h9,15H,6-8,13H2,1-5H3,(H,14,16)/t9-/m1/s1. The summed E-state index contributed by atoms with van der Waals surface area (Å²) in [6.07, 6.45) is 0.665. The van der Waals surface area contributed by atoms with E-state index in [0.29, 0.717) is 13.0 Å². The van der Waals surface area contributed by atoms with E-state index in [2.05, 4.69) is 5.32 Å². The molecule has 0 fully saturated rings. The fraction of sp³-hybridized carbons (Fsp3) is 0.917. The Hall–Kier alpha value is -0.610. The number of nitrogens with one attached hydrogen (secondary N) is 1. The zero-order valence-electron chi connectivity index (χ0n) is 11.1. The number of hydrogen-bond donors (Lipinski definition) is 3. The minimum Gasteiger partial charge on any atom is -0.396 e. The summed E-state index contributed by atoms with van der Waals surface area (Å²) >= 11 is 0. The first-order chi connectivity index (χ1) is 7.10. The highest BCUT2D eigenvalue weighted by atomic mass is 16.3. The largest absolute Gasteiger partial charge is 0.396 e. The molecule has 0 aromatic heterocycles. The van der Waals surface area contributed by atoms with Gasteiger partial charge in [-0.15, -0.1) is 0 Å². The maximum absolute atomic E-state index is 11.7. The number of hydrogen-bond acceptors (Lipinski definition) is 3. The van der Waals surface area contributed by atoms with Crippen molar-refractivity contribution in [2.75, 3.05) is 13.2 Å². The van der Waals surface area contributed by atoms with Gasteiger partial charge in [-0.1, -0.05) is 34.6 Å². The number of nitrogens with two attached hydrogens (primary N) is 1. The average molecular weight is 230 g/mol. The summed E-state index contributed by atoms with van der Waals surface area (Å²) in [6.45, 7) is 10.5. The van der Waals surface area contributed by atoms with E-state index >= 15 is 0 Å².